The van der Waals surface area contributed by atoms with E-state index in [1.807, 2.05) is 0 Å². The Morgan fingerprint density at radius 1 is 1.17 bits per heavy atom. The average Bonchev–Trinajstić information content (AvgIpc) is 2.41. The van der Waals surface area contributed by atoms with E-state index in [0.29, 0.717) is 0 Å². The highest BCUT2D eigenvalue weighted by atomic mass is 16.5. The Bertz CT molecular complexity index is 215. The number of nitrogens with one attached hydrogen (secondary N) is 1. The third-order valence-electron chi connectivity index (χ3n) is 4.65. The van der Waals surface area contributed by atoms with Crippen LogP contribution in [0.3, 0.4) is 0 Å². The summed E-state index contributed by atoms with van der Waals surface area (Å²) in [6.07, 6.45) is 10.8. The zero-order valence-electron chi connectivity index (χ0n) is 11.9. The van der Waals surface area contributed by atoms with Crippen molar-refractivity contribution in [2.45, 2.75) is 56.9 Å². The molecule has 2 aliphatic rings. The highest BCUT2D eigenvalue weighted by Crippen LogP contribution is 2.27. The fourth-order valence-corrected chi connectivity index (χ4v) is 3.43. The molecule has 3 nitrogen and oxygen atoms in total. The molecule has 2 rings (SSSR count). The molecule has 0 amide bonds. The summed E-state index contributed by atoms with van der Waals surface area (Å²) in [5.41, 5.74) is 0.182. The van der Waals surface area contributed by atoms with Crippen LogP contribution in [0.2, 0.25) is 0 Å². The zero-order chi connectivity index (χ0) is 12.7. The first-order valence-corrected chi connectivity index (χ1v) is 7.66. The van der Waals surface area contributed by atoms with Gasteiger partial charge in [0.05, 0.1) is 6.61 Å². The van der Waals surface area contributed by atoms with Gasteiger partial charge in [-0.15, -0.1) is 0 Å². The summed E-state index contributed by atoms with van der Waals surface area (Å²) in [5, 5.41) is 3.78. The van der Waals surface area contributed by atoms with Gasteiger partial charge in [-0.2, -0.15) is 0 Å². The minimum atomic E-state index is 0.182. The maximum absolute atomic E-state index is 5.47. The largest absolute Gasteiger partial charge is 0.383 e. The Hall–Kier alpha value is -0.120. The minimum absolute atomic E-state index is 0.182. The van der Waals surface area contributed by atoms with Gasteiger partial charge in [-0.05, 0) is 31.7 Å². The number of rotatable bonds is 6. The van der Waals surface area contributed by atoms with E-state index in [9.17, 15) is 0 Å². The lowest BCUT2D eigenvalue weighted by Gasteiger charge is -2.38. The van der Waals surface area contributed by atoms with Gasteiger partial charge in [-0.1, -0.05) is 32.1 Å². The van der Waals surface area contributed by atoms with Crippen LogP contribution >= 0.6 is 0 Å². The maximum Gasteiger partial charge on any atom is 0.0646 e. The van der Waals surface area contributed by atoms with Crippen molar-refractivity contribution in [2.24, 2.45) is 5.92 Å². The molecule has 1 saturated carbocycles. The van der Waals surface area contributed by atoms with Gasteiger partial charge in [0, 0.05) is 25.9 Å². The van der Waals surface area contributed by atoms with Crippen molar-refractivity contribution >= 4 is 0 Å². The summed E-state index contributed by atoms with van der Waals surface area (Å²) in [6.45, 7) is 3.72. The van der Waals surface area contributed by atoms with E-state index in [0.717, 1.165) is 45.1 Å². The van der Waals surface area contributed by atoms with Crippen LogP contribution in [0.25, 0.3) is 0 Å². The number of ether oxygens (including phenoxy) is 2. The Morgan fingerprint density at radius 3 is 2.56 bits per heavy atom. The van der Waals surface area contributed by atoms with Crippen LogP contribution in [0.1, 0.15) is 51.4 Å². The lowest BCUT2D eigenvalue weighted by Crippen LogP contribution is -2.53. The second-order valence-corrected chi connectivity index (χ2v) is 6.05. The number of methoxy groups -OCH3 is 1. The van der Waals surface area contributed by atoms with Gasteiger partial charge in [-0.25, -0.2) is 0 Å². The molecule has 1 N–H and O–H groups in total. The van der Waals surface area contributed by atoms with E-state index in [-0.39, 0.29) is 5.54 Å². The van der Waals surface area contributed by atoms with Gasteiger partial charge in [0.25, 0.3) is 0 Å². The average molecular weight is 255 g/mol. The molecule has 1 saturated heterocycles. The van der Waals surface area contributed by atoms with Gasteiger partial charge in [0.2, 0.25) is 0 Å². The van der Waals surface area contributed by atoms with Crippen LogP contribution in [0, 0.1) is 5.92 Å². The van der Waals surface area contributed by atoms with Crippen molar-refractivity contribution in [3.05, 3.63) is 0 Å². The summed E-state index contributed by atoms with van der Waals surface area (Å²) in [6, 6.07) is 0. The first kappa shape index (κ1) is 14.3. The molecule has 0 aromatic heterocycles. The van der Waals surface area contributed by atoms with E-state index in [1.54, 1.807) is 7.11 Å². The lowest BCUT2D eigenvalue weighted by molar-refractivity contribution is 0.0000757. The predicted octanol–water partition coefficient (Wildman–Crippen LogP) is 2.74. The van der Waals surface area contributed by atoms with E-state index in [4.69, 9.17) is 9.47 Å². The van der Waals surface area contributed by atoms with Crippen LogP contribution in [0.15, 0.2) is 0 Å². The summed E-state index contributed by atoms with van der Waals surface area (Å²) >= 11 is 0. The van der Waals surface area contributed by atoms with Gasteiger partial charge < -0.3 is 14.8 Å². The van der Waals surface area contributed by atoms with E-state index in [1.165, 1.54) is 38.5 Å². The van der Waals surface area contributed by atoms with E-state index < -0.39 is 0 Å². The zero-order valence-corrected chi connectivity index (χ0v) is 11.9. The van der Waals surface area contributed by atoms with Gasteiger partial charge in [0.1, 0.15) is 0 Å². The van der Waals surface area contributed by atoms with Crippen molar-refractivity contribution < 1.29 is 9.47 Å². The van der Waals surface area contributed by atoms with Gasteiger partial charge in [0.15, 0.2) is 0 Å². The molecule has 0 radical (unpaired) electrons. The third kappa shape index (κ3) is 4.22. The van der Waals surface area contributed by atoms with Crippen LogP contribution < -0.4 is 5.32 Å². The fraction of sp³-hybridized carbons (Fsp3) is 1.00. The molecule has 18 heavy (non-hydrogen) atoms. The molecule has 2 fully saturated rings. The van der Waals surface area contributed by atoms with Crippen LogP contribution in [0.4, 0.5) is 0 Å². The first-order valence-electron chi connectivity index (χ1n) is 7.66. The topological polar surface area (TPSA) is 30.5 Å². The highest BCUT2D eigenvalue weighted by molar-refractivity contribution is 4.90. The fourth-order valence-electron chi connectivity index (χ4n) is 3.43. The molecule has 1 aliphatic carbocycles. The van der Waals surface area contributed by atoms with Crippen molar-refractivity contribution in [1.29, 1.82) is 0 Å². The monoisotopic (exact) mass is 255 g/mol. The Morgan fingerprint density at radius 2 is 1.89 bits per heavy atom. The quantitative estimate of drug-likeness (QED) is 0.791. The minimum Gasteiger partial charge on any atom is -0.383 e. The van der Waals surface area contributed by atoms with Crippen molar-refractivity contribution in [3.63, 3.8) is 0 Å². The second kappa shape index (κ2) is 7.46. The van der Waals surface area contributed by atoms with E-state index >= 15 is 0 Å². The van der Waals surface area contributed by atoms with Crippen LogP contribution in [-0.4, -0.2) is 39.0 Å². The molecule has 0 spiro atoms. The SMILES string of the molecule is COCC1(NCCC2CCCCC2)CCOCC1. The van der Waals surface area contributed by atoms with Crippen molar-refractivity contribution in [3.8, 4) is 0 Å². The predicted molar refractivity (Wildman–Crippen MR) is 73.9 cm³/mol. The molecule has 0 atom stereocenters. The Balaban J connectivity index is 1.71. The van der Waals surface area contributed by atoms with Gasteiger partial charge in [-0.3, -0.25) is 0 Å². The molecule has 0 unspecified atom stereocenters. The molecular weight excluding hydrogens is 226 g/mol. The maximum atomic E-state index is 5.47. The number of hydrogen-bond donors (Lipinski definition) is 1. The Kier molecular flexibility index (Phi) is 5.93. The molecule has 0 aromatic carbocycles. The molecule has 0 aromatic rings. The Labute approximate surface area is 112 Å². The first-order chi connectivity index (χ1) is 8.85. The molecule has 106 valence electrons. The van der Waals surface area contributed by atoms with Crippen LogP contribution in [-0.2, 0) is 9.47 Å². The summed E-state index contributed by atoms with van der Waals surface area (Å²) in [4.78, 5) is 0. The normalized spacial score (nSPS) is 25.2. The van der Waals surface area contributed by atoms with Gasteiger partial charge >= 0.3 is 0 Å². The molecule has 1 aliphatic heterocycles. The van der Waals surface area contributed by atoms with Crippen molar-refractivity contribution in [1.82, 2.24) is 5.32 Å². The third-order valence-corrected chi connectivity index (χ3v) is 4.65. The van der Waals surface area contributed by atoms with E-state index in [2.05, 4.69) is 5.32 Å². The summed E-state index contributed by atoms with van der Waals surface area (Å²) in [7, 11) is 1.81. The number of hydrogen-bond acceptors (Lipinski definition) is 3. The molecular formula is C15H29NO2. The molecule has 1 heterocycles. The summed E-state index contributed by atoms with van der Waals surface area (Å²) < 4.78 is 10.9. The van der Waals surface area contributed by atoms with Crippen LogP contribution in [0.5, 0.6) is 0 Å². The lowest BCUT2D eigenvalue weighted by atomic mass is 9.86. The smallest absolute Gasteiger partial charge is 0.0646 e. The molecule has 3 heteroatoms. The highest BCUT2D eigenvalue weighted by Gasteiger charge is 2.32. The summed E-state index contributed by atoms with van der Waals surface area (Å²) in [5.74, 6) is 0.964. The van der Waals surface area contributed by atoms with Crippen molar-refractivity contribution in [2.75, 3.05) is 33.5 Å². The second-order valence-electron chi connectivity index (χ2n) is 6.05. The molecule has 0 bridgehead atoms. The standard InChI is InChI=1S/C15H29NO2/c1-17-13-15(8-11-18-12-9-15)16-10-7-14-5-3-2-4-6-14/h14,16H,2-13H2,1H3.